The van der Waals surface area contributed by atoms with Crippen LogP contribution in [0.4, 0.5) is 5.69 Å². The van der Waals surface area contributed by atoms with E-state index in [-0.39, 0.29) is 17.2 Å². The minimum absolute atomic E-state index is 0.122. The average molecular weight is 486 g/mol. The van der Waals surface area contributed by atoms with Crippen LogP contribution in [0.1, 0.15) is 5.56 Å². The third-order valence-corrected chi connectivity index (χ3v) is 7.03. The van der Waals surface area contributed by atoms with Gasteiger partial charge in [-0.25, -0.2) is 4.98 Å². The SMILES string of the molecule is COc1ccccc1Cn1c(SCC(=O)N(C)c2cccc(Cl)c2)nc2ccsc2c1=O. The molecule has 1 amide bonds. The number of benzene rings is 2. The van der Waals surface area contributed by atoms with Crippen molar-refractivity contribution in [3.63, 3.8) is 0 Å². The molecule has 0 saturated heterocycles. The lowest BCUT2D eigenvalue weighted by Crippen LogP contribution is -2.29. The minimum atomic E-state index is -0.131. The van der Waals surface area contributed by atoms with Gasteiger partial charge in [-0.3, -0.25) is 14.2 Å². The van der Waals surface area contributed by atoms with Crippen LogP contribution >= 0.6 is 34.7 Å². The number of para-hydroxylation sites is 1. The molecular formula is C23H20ClN3O3S2. The van der Waals surface area contributed by atoms with Gasteiger partial charge in [0.2, 0.25) is 5.91 Å². The molecule has 0 bridgehead atoms. The fourth-order valence-corrected chi connectivity index (χ4v) is 5.10. The smallest absolute Gasteiger partial charge is 0.272 e. The highest BCUT2D eigenvalue weighted by Gasteiger charge is 2.18. The number of amides is 1. The van der Waals surface area contributed by atoms with E-state index in [4.69, 9.17) is 16.3 Å². The molecule has 9 heteroatoms. The summed E-state index contributed by atoms with van der Waals surface area (Å²) in [6.45, 7) is 0.296. The number of halogens is 1. The molecular weight excluding hydrogens is 466 g/mol. The summed E-state index contributed by atoms with van der Waals surface area (Å²) in [4.78, 5) is 32.3. The van der Waals surface area contributed by atoms with E-state index < -0.39 is 0 Å². The second-order valence-corrected chi connectivity index (χ2v) is 9.25. The highest BCUT2D eigenvalue weighted by Crippen LogP contribution is 2.25. The van der Waals surface area contributed by atoms with E-state index in [1.54, 1.807) is 41.8 Å². The molecule has 0 N–H and O–H groups in total. The second kappa shape index (κ2) is 9.77. The Balaban J connectivity index is 1.63. The van der Waals surface area contributed by atoms with E-state index in [0.717, 1.165) is 5.56 Å². The molecule has 32 heavy (non-hydrogen) atoms. The number of anilines is 1. The quantitative estimate of drug-likeness (QED) is 0.274. The Hall–Kier alpha value is -2.81. The average Bonchev–Trinajstić information content (AvgIpc) is 3.28. The lowest BCUT2D eigenvalue weighted by Gasteiger charge is -2.18. The molecule has 0 atom stereocenters. The van der Waals surface area contributed by atoms with Crippen molar-refractivity contribution < 1.29 is 9.53 Å². The molecule has 0 aliphatic rings. The fraction of sp³-hybridized carbons (Fsp3) is 0.174. The van der Waals surface area contributed by atoms with Crippen molar-refractivity contribution in [2.45, 2.75) is 11.7 Å². The first-order valence-corrected chi connectivity index (χ1v) is 12.0. The topological polar surface area (TPSA) is 64.4 Å². The van der Waals surface area contributed by atoms with Crippen molar-refractivity contribution in [1.82, 2.24) is 9.55 Å². The van der Waals surface area contributed by atoms with Crippen LogP contribution in [0.3, 0.4) is 0 Å². The highest BCUT2D eigenvalue weighted by atomic mass is 35.5. The normalized spacial score (nSPS) is 11.0. The number of rotatable bonds is 7. The van der Waals surface area contributed by atoms with Crippen LogP contribution in [0.2, 0.25) is 5.02 Å². The van der Waals surface area contributed by atoms with Crippen LogP contribution in [0, 0.1) is 0 Å². The van der Waals surface area contributed by atoms with Gasteiger partial charge in [-0.2, -0.15) is 0 Å². The van der Waals surface area contributed by atoms with Crippen LogP contribution in [0.25, 0.3) is 10.2 Å². The fourth-order valence-electron chi connectivity index (χ4n) is 3.23. The van der Waals surface area contributed by atoms with Crippen LogP contribution in [-0.4, -0.2) is 35.4 Å². The van der Waals surface area contributed by atoms with Crippen LogP contribution in [-0.2, 0) is 11.3 Å². The van der Waals surface area contributed by atoms with E-state index in [1.807, 2.05) is 41.8 Å². The third-order valence-electron chi connectivity index (χ3n) is 4.95. The van der Waals surface area contributed by atoms with Gasteiger partial charge in [0.1, 0.15) is 10.4 Å². The summed E-state index contributed by atoms with van der Waals surface area (Å²) in [6.07, 6.45) is 0. The van der Waals surface area contributed by atoms with Crippen molar-refractivity contribution in [3.8, 4) is 5.75 Å². The summed E-state index contributed by atoms with van der Waals surface area (Å²) in [5.41, 5.74) is 2.07. The summed E-state index contributed by atoms with van der Waals surface area (Å²) in [5, 5.41) is 2.89. The second-order valence-electron chi connectivity index (χ2n) is 6.95. The highest BCUT2D eigenvalue weighted by molar-refractivity contribution is 7.99. The molecule has 4 aromatic rings. The Labute approximate surface area is 198 Å². The van der Waals surface area contributed by atoms with Gasteiger partial charge < -0.3 is 9.64 Å². The zero-order chi connectivity index (χ0) is 22.7. The largest absolute Gasteiger partial charge is 0.496 e. The Morgan fingerprint density at radius 2 is 2.03 bits per heavy atom. The summed E-state index contributed by atoms with van der Waals surface area (Å²) >= 11 is 8.65. The maximum Gasteiger partial charge on any atom is 0.272 e. The number of carbonyl (C=O) groups is 1. The molecule has 0 aliphatic carbocycles. The maximum atomic E-state index is 13.2. The van der Waals surface area contributed by atoms with Gasteiger partial charge in [-0.1, -0.05) is 47.6 Å². The first-order chi connectivity index (χ1) is 15.5. The number of fused-ring (bicyclic) bond motifs is 1. The number of carbonyl (C=O) groups excluding carboxylic acids is 1. The Morgan fingerprint density at radius 1 is 1.22 bits per heavy atom. The van der Waals surface area contributed by atoms with Crippen molar-refractivity contribution in [2.24, 2.45) is 0 Å². The standard InChI is InChI=1S/C23H20ClN3O3S2/c1-26(17-8-5-7-16(24)12-17)20(28)14-32-23-25-18-10-11-31-21(18)22(29)27(23)13-15-6-3-4-9-19(15)30-2/h3-12H,13-14H2,1-2H3. The molecule has 4 rings (SSSR count). The number of ether oxygens (including phenoxy) is 1. The molecule has 0 unspecified atom stereocenters. The van der Waals surface area contributed by atoms with E-state index in [1.165, 1.54) is 23.1 Å². The van der Waals surface area contributed by atoms with Gasteiger partial charge in [-0.15, -0.1) is 11.3 Å². The van der Waals surface area contributed by atoms with Gasteiger partial charge in [0.05, 0.1) is 24.9 Å². The van der Waals surface area contributed by atoms with Gasteiger partial charge in [0, 0.05) is 23.3 Å². The lowest BCUT2D eigenvalue weighted by molar-refractivity contribution is -0.115. The Morgan fingerprint density at radius 3 is 2.81 bits per heavy atom. The monoisotopic (exact) mass is 485 g/mol. The van der Waals surface area contributed by atoms with E-state index in [0.29, 0.717) is 38.4 Å². The molecule has 0 saturated carbocycles. The number of thioether (sulfide) groups is 1. The van der Waals surface area contributed by atoms with Gasteiger partial charge in [-0.05, 0) is 35.7 Å². The number of hydrogen-bond donors (Lipinski definition) is 0. The number of nitrogens with zero attached hydrogens (tertiary/aromatic N) is 3. The molecule has 0 radical (unpaired) electrons. The van der Waals surface area contributed by atoms with Gasteiger partial charge >= 0.3 is 0 Å². The molecule has 164 valence electrons. The molecule has 6 nitrogen and oxygen atoms in total. The van der Waals surface area contributed by atoms with Gasteiger partial charge in [0.15, 0.2) is 5.16 Å². The summed E-state index contributed by atoms with van der Waals surface area (Å²) in [7, 11) is 3.30. The van der Waals surface area contributed by atoms with Crippen LogP contribution in [0.5, 0.6) is 5.75 Å². The summed E-state index contributed by atoms with van der Waals surface area (Å²) in [6, 6.07) is 16.5. The molecule has 2 aromatic carbocycles. The molecule has 2 heterocycles. The number of thiophene rings is 1. The first-order valence-electron chi connectivity index (χ1n) is 9.73. The van der Waals surface area contributed by atoms with Crippen molar-refractivity contribution in [1.29, 1.82) is 0 Å². The van der Waals surface area contributed by atoms with E-state index >= 15 is 0 Å². The first kappa shape index (κ1) is 22.4. The number of hydrogen-bond acceptors (Lipinski definition) is 6. The Kier molecular flexibility index (Phi) is 6.83. The van der Waals surface area contributed by atoms with Crippen LogP contribution in [0.15, 0.2) is 69.9 Å². The van der Waals surface area contributed by atoms with E-state index in [2.05, 4.69) is 4.98 Å². The molecule has 0 aliphatic heterocycles. The predicted molar refractivity (Wildman–Crippen MR) is 132 cm³/mol. The molecule has 0 fully saturated rings. The predicted octanol–water partition coefficient (Wildman–Crippen LogP) is 4.92. The zero-order valence-corrected chi connectivity index (χ0v) is 19.8. The Bertz CT molecular complexity index is 1340. The van der Waals surface area contributed by atoms with Crippen molar-refractivity contribution in [3.05, 3.63) is 80.9 Å². The molecule has 2 aromatic heterocycles. The maximum absolute atomic E-state index is 13.2. The summed E-state index contributed by atoms with van der Waals surface area (Å²) < 4.78 is 7.64. The van der Waals surface area contributed by atoms with Crippen molar-refractivity contribution >= 4 is 56.5 Å². The lowest BCUT2D eigenvalue weighted by atomic mass is 10.2. The van der Waals surface area contributed by atoms with Crippen molar-refractivity contribution in [2.75, 3.05) is 24.8 Å². The zero-order valence-electron chi connectivity index (χ0n) is 17.4. The summed E-state index contributed by atoms with van der Waals surface area (Å²) in [5.74, 6) is 0.691. The minimum Gasteiger partial charge on any atom is -0.496 e. The van der Waals surface area contributed by atoms with Gasteiger partial charge in [0.25, 0.3) is 5.56 Å². The third kappa shape index (κ3) is 4.67. The van der Waals surface area contributed by atoms with Crippen LogP contribution < -0.4 is 15.2 Å². The number of aromatic nitrogens is 2. The number of methoxy groups -OCH3 is 1. The molecule has 0 spiro atoms. The van der Waals surface area contributed by atoms with E-state index in [9.17, 15) is 9.59 Å².